The number of aromatic amines is 1. The molecule has 2 heterocycles. The first-order valence-corrected chi connectivity index (χ1v) is 8.14. The number of rotatable bonds is 3. The number of halogens is 1. The van der Waals surface area contributed by atoms with Crippen molar-refractivity contribution in [3.8, 4) is 0 Å². The van der Waals surface area contributed by atoms with Crippen LogP contribution in [0.2, 0.25) is 0 Å². The van der Waals surface area contributed by atoms with E-state index in [9.17, 15) is 4.79 Å². The zero-order valence-electron chi connectivity index (χ0n) is 14.5. The van der Waals surface area contributed by atoms with Gasteiger partial charge in [-0.25, -0.2) is 0 Å². The number of aryl methyl sites for hydroxylation is 3. The first-order valence-electron chi connectivity index (χ1n) is 8.14. The van der Waals surface area contributed by atoms with E-state index in [-0.39, 0.29) is 18.3 Å². The highest BCUT2D eigenvalue weighted by Crippen LogP contribution is 2.26. The molecule has 3 rings (SSSR count). The molecule has 2 aromatic rings. The molecule has 0 radical (unpaired) electrons. The van der Waals surface area contributed by atoms with Gasteiger partial charge in [0.15, 0.2) is 0 Å². The Bertz CT molecular complexity index is 748. The topological polar surface area (TPSA) is 80.1 Å². The molecule has 1 saturated heterocycles. The van der Waals surface area contributed by atoms with E-state index in [0.717, 1.165) is 16.8 Å². The number of benzene rings is 1. The Balaban J connectivity index is 0.00000208. The van der Waals surface area contributed by atoms with E-state index in [4.69, 9.17) is 10.5 Å². The number of hydrogen-bond acceptors (Lipinski definition) is 3. The van der Waals surface area contributed by atoms with Crippen LogP contribution in [-0.2, 0) is 16.1 Å². The number of aromatic nitrogens is 1. The van der Waals surface area contributed by atoms with Crippen molar-refractivity contribution >= 4 is 29.2 Å². The summed E-state index contributed by atoms with van der Waals surface area (Å²) in [6.07, 6.45) is 1.14. The molecule has 1 aliphatic heterocycles. The summed E-state index contributed by atoms with van der Waals surface area (Å²) < 4.78 is 5.30. The van der Waals surface area contributed by atoms with E-state index in [2.05, 4.69) is 43.2 Å². The molecule has 132 valence electrons. The number of fused-ring (bicyclic) bond motifs is 1. The van der Waals surface area contributed by atoms with Crippen molar-refractivity contribution in [3.63, 3.8) is 0 Å². The standard InChI is InChI=1S/C18H25N3O2.ClH/c1-11-8-14(16-15(9-11)12(2)13(3)21-16)10-20-17(22)18(19)4-6-23-7-5-18;/h8-9,21H,4-7,10,19H2,1-3H3,(H,20,22);1H. The minimum absolute atomic E-state index is 0. The van der Waals surface area contributed by atoms with E-state index >= 15 is 0 Å². The van der Waals surface area contributed by atoms with Crippen molar-refractivity contribution in [2.75, 3.05) is 13.2 Å². The highest BCUT2D eigenvalue weighted by molar-refractivity contribution is 5.89. The third kappa shape index (κ3) is 3.43. The summed E-state index contributed by atoms with van der Waals surface area (Å²) in [4.78, 5) is 15.9. The predicted octanol–water partition coefficient (Wildman–Crippen LogP) is 2.64. The minimum atomic E-state index is -0.803. The van der Waals surface area contributed by atoms with Crippen molar-refractivity contribution in [1.29, 1.82) is 0 Å². The monoisotopic (exact) mass is 351 g/mol. The lowest BCUT2D eigenvalue weighted by Crippen LogP contribution is -2.56. The normalized spacial score (nSPS) is 16.7. The molecule has 1 aliphatic rings. The quantitative estimate of drug-likeness (QED) is 0.795. The van der Waals surface area contributed by atoms with E-state index in [1.54, 1.807) is 0 Å². The Morgan fingerprint density at radius 1 is 1.29 bits per heavy atom. The second kappa shape index (κ2) is 7.13. The van der Waals surface area contributed by atoms with Gasteiger partial charge in [-0.05, 0) is 50.8 Å². The van der Waals surface area contributed by atoms with Gasteiger partial charge in [0.05, 0.1) is 11.1 Å². The van der Waals surface area contributed by atoms with Crippen molar-refractivity contribution in [1.82, 2.24) is 10.3 Å². The number of carbonyl (C=O) groups excluding carboxylic acids is 1. The Morgan fingerprint density at radius 3 is 2.62 bits per heavy atom. The van der Waals surface area contributed by atoms with Gasteiger partial charge in [-0.15, -0.1) is 12.4 Å². The van der Waals surface area contributed by atoms with Gasteiger partial charge in [0, 0.05) is 30.8 Å². The van der Waals surface area contributed by atoms with E-state index in [0.29, 0.717) is 32.6 Å². The second-order valence-electron chi connectivity index (χ2n) is 6.67. The molecule has 24 heavy (non-hydrogen) atoms. The van der Waals surface area contributed by atoms with Crippen LogP contribution >= 0.6 is 12.4 Å². The summed E-state index contributed by atoms with van der Waals surface area (Å²) in [5, 5.41) is 4.24. The molecule has 1 amide bonds. The van der Waals surface area contributed by atoms with Crippen LogP contribution in [0.15, 0.2) is 12.1 Å². The summed E-state index contributed by atoms with van der Waals surface area (Å²) in [6, 6.07) is 4.30. The van der Waals surface area contributed by atoms with Gasteiger partial charge < -0.3 is 20.8 Å². The molecule has 1 aromatic carbocycles. The van der Waals surface area contributed by atoms with Gasteiger partial charge in [0.1, 0.15) is 0 Å². The van der Waals surface area contributed by atoms with Gasteiger partial charge in [-0.3, -0.25) is 4.79 Å². The smallest absolute Gasteiger partial charge is 0.240 e. The van der Waals surface area contributed by atoms with Gasteiger partial charge in [0.2, 0.25) is 5.91 Å². The van der Waals surface area contributed by atoms with Gasteiger partial charge in [-0.1, -0.05) is 11.6 Å². The number of ether oxygens (including phenoxy) is 1. The number of hydrogen-bond donors (Lipinski definition) is 3. The first kappa shape index (κ1) is 18.8. The van der Waals surface area contributed by atoms with E-state index in [1.165, 1.54) is 16.5 Å². The van der Waals surface area contributed by atoms with Crippen LogP contribution in [0.4, 0.5) is 0 Å². The maximum Gasteiger partial charge on any atom is 0.240 e. The lowest BCUT2D eigenvalue weighted by Gasteiger charge is -2.31. The zero-order chi connectivity index (χ0) is 16.6. The molecule has 0 atom stereocenters. The van der Waals surface area contributed by atoms with Crippen LogP contribution in [0.3, 0.4) is 0 Å². The van der Waals surface area contributed by atoms with E-state index < -0.39 is 5.54 Å². The maximum absolute atomic E-state index is 12.5. The molecule has 6 heteroatoms. The molecular weight excluding hydrogens is 326 g/mol. The van der Waals surface area contributed by atoms with Crippen LogP contribution < -0.4 is 11.1 Å². The maximum atomic E-state index is 12.5. The third-order valence-corrected chi connectivity index (χ3v) is 4.92. The summed E-state index contributed by atoms with van der Waals surface area (Å²) in [6.45, 7) is 7.85. The second-order valence-corrected chi connectivity index (χ2v) is 6.67. The number of carbonyl (C=O) groups is 1. The van der Waals surface area contributed by atoms with Crippen molar-refractivity contribution < 1.29 is 9.53 Å². The summed E-state index contributed by atoms with van der Waals surface area (Å²) in [7, 11) is 0. The molecular formula is C18H26ClN3O2. The highest BCUT2D eigenvalue weighted by atomic mass is 35.5. The molecule has 0 saturated carbocycles. The predicted molar refractivity (Wildman–Crippen MR) is 98.6 cm³/mol. The Labute approximate surface area is 148 Å². The van der Waals surface area contributed by atoms with Crippen LogP contribution in [0.25, 0.3) is 10.9 Å². The number of nitrogens with two attached hydrogens (primary N) is 1. The molecule has 1 fully saturated rings. The fourth-order valence-electron chi connectivity index (χ4n) is 3.24. The summed E-state index contributed by atoms with van der Waals surface area (Å²) >= 11 is 0. The minimum Gasteiger partial charge on any atom is -0.381 e. The Kier molecular flexibility index (Phi) is 5.58. The zero-order valence-corrected chi connectivity index (χ0v) is 15.3. The summed E-state index contributed by atoms with van der Waals surface area (Å²) in [5.41, 5.74) is 11.3. The average molecular weight is 352 g/mol. The number of nitrogens with one attached hydrogen (secondary N) is 2. The van der Waals surface area contributed by atoms with Crippen LogP contribution in [0.1, 0.15) is 35.2 Å². The van der Waals surface area contributed by atoms with Gasteiger partial charge in [-0.2, -0.15) is 0 Å². The van der Waals surface area contributed by atoms with Gasteiger partial charge >= 0.3 is 0 Å². The van der Waals surface area contributed by atoms with Crippen LogP contribution in [0.5, 0.6) is 0 Å². The van der Waals surface area contributed by atoms with Crippen LogP contribution in [-0.4, -0.2) is 29.6 Å². The number of H-pyrrole nitrogens is 1. The van der Waals surface area contributed by atoms with Crippen molar-refractivity contribution in [2.45, 2.75) is 45.7 Å². The highest BCUT2D eigenvalue weighted by Gasteiger charge is 2.35. The van der Waals surface area contributed by atoms with Crippen LogP contribution in [0, 0.1) is 20.8 Å². The largest absolute Gasteiger partial charge is 0.381 e. The lowest BCUT2D eigenvalue weighted by molar-refractivity contribution is -0.129. The molecule has 0 unspecified atom stereocenters. The van der Waals surface area contributed by atoms with Gasteiger partial charge in [0.25, 0.3) is 0 Å². The molecule has 5 nitrogen and oxygen atoms in total. The van der Waals surface area contributed by atoms with Crippen molar-refractivity contribution in [3.05, 3.63) is 34.5 Å². The van der Waals surface area contributed by atoms with Crippen molar-refractivity contribution in [2.24, 2.45) is 5.73 Å². The molecule has 0 aliphatic carbocycles. The lowest BCUT2D eigenvalue weighted by atomic mass is 9.90. The van der Waals surface area contributed by atoms with E-state index in [1.807, 2.05) is 0 Å². The fraction of sp³-hybridized carbons (Fsp3) is 0.500. The Hall–Kier alpha value is -1.56. The number of amides is 1. The molecule has 4 N–H and O–H groups in total. The average Bonchev–Trinajstić information content (AvgIpc) is 2.81. The third-order valence-electron chi connectivity index (χ3n) is 4.92. The molecule has 0 spiro atoms. The fourth-order valence-corrected chi connectivity index (χ4v) is 3.24. The SMILES string of the molecule is Cc1cc(CNC(=O)C2(N)CCOCC2)c2[nH]c(C)c(C)c2c1.Cl. The molecule has 0 bridgehead atoms. The Morgan fingerprint density at radius 2 is 1.96 bits per heavy atom. The summed E-state index contributed by atoms with van der Waals surface area (Å²) in [5.74, 6) is -0.0875. The first-order chi connectivity index (χ1) is 10.9. The molecule has 1 aromatic heterocycles.